The molecule has 1 aromatic carbocycles. The van der Waals surface area contributed by atoms with Gasteiger partial charge in [-0.15, -0.1) is 22.7 Å². The third kappa shape index (κ3) is 2.47. The van der Waals surface area contributed by atoms with Crippen molar-refractivity contribution in [2.45, 2.75) is 0 Å². The van der Waals surface area contributed by atoms with Gasteiger partial charge in [0, 0.05) is 16.3 Å². The van der Waals surface area contributed by atoms with Gasteiger partial charge in [0.1, 0.15) is 5.01 Å². The zero-order valence-electron chi connectivity index (χ0n) is 10.0. The van der Waals surface area contributed by atoms with Crippen molar-refractivity contribution in [2.75, 3.05) is 0 Å². The first kappa shape index (κ1) is 13.3. The molecule has 0 aliphatic heterocycles. The summed E-state index contributed by atoms with van der Waals surface area (Å²) in [6.07, 6.45) is 0. The van der Waals surface area contributed by atoms with Crippen molar-refractivity contribution in [1.29, 1.82) is 0 Å². The van der Waals surface area contributed by atoms with Gasteiger partial charge in [-0.05, 0) is 12.1 Å². The molecule has 0 fully saturated rings. The molecule has 100 valence electrons. The molecular formula is C14H8ClNO2S2. The first-order chi connectivity index (χ1) is 9.65. The number of carboxylic acids is 1. The highest BCUT2D eigenvalue weighted by Gasteiger charge is 2.12. The van der Waals surface area contributed by atoms with E-state index in [1.807, 2.05) is 29.6 Å². The van der Waals surface area contributed by atoms with Gasteiger partial charge < -0.3 is 5.11 Å². The van der Waals surface area contributed by atoms with Gasteiger partial charge in [-0.25, -0.2) is 9.78 Å². The zero-order valence-corrected chi connectivity index (χ0v) is 12.4. The first-order valence-corrected chi connectivity index (χ1v) is 7.81. The molecule has 0 bridgehead atoms. The van der Waals surface area contributed by atoms with Crippen LogP contribution in [0.5, 0.6) is 0 Å². The van der Waals surface area contributed by atoms with Crippen molar-refractivity contribution >= 4 is 40.2 Å². The van der Waals surface area contributed by atoms with Crippen LogP contribution in [0.15, 0.2) is 41.1 Å². The fourth-order valence-electron chi connectivity index (χ4n) is 1.73. The van der Waals surface area contributed by atoms with E-state index in [0.29, 0.717) is 5.02 Å². The standard InChI is InChI=1S/C14H8ClNO2S2/c15-10-4-2-1-3-9(10)13-16-11(7-20-13)12-5-8(6-19-12)14(17)18/h1-7H,(H,17,18). The van der Waals surface area contributed by atoms with E-state index >= 15 is 0 Å². The summed E-state index contributed by atoms with van der Waals surface area (Å²) in [6, 6.07) is 9.17. The van der Waals surface area contributed by atoms with Crippen LogP contribution in [0, 0.1) is 0 Å². The maximum Gasteiger partial charge on any atom is 0.336 e. The Bertz CT molecular complexity index is 779. The fourth-order valence-corrected chi connectivity index (χ4v) is 3.79. The van der Waals surface area contributed by atoms with Gasteiger partial charge in [0.2, 0.25) is 0 Å². The van der Waals surface area contributed by atoms with Gasteiger partial charge in [-0.2, -0.15) is 0 Å². The molecule has 6 heteroatoms. The number of rotatable bonds is 3. The first-order valence-electron chi connectivity index (χ1n) is 5.68. The van der Waals surface area contributed by atoms with E-state index in [-0.39, 0.29) is 5.56 Å². The third-order valence-electron chi connectivity index (χ3n) is 2.71. The molecule has 20 heavy (non-hydrogen) atoms. The number of carbonyl (C=O) groups is 1. The molecule has 0 saturated carbocycles. The second-order valence-electron chi connectivity index (χ2n) is 4.02. The molecule has 3 aromatic rings. The lowest BCUT2D eigenvalue weighted by Gasteiger charge is -1.98. The number of aromatic carboxylic acids is 1. The number of carboxylic acid groups (broad SMARTS) is 1. The van der Waals surface area contributed by atoms with Crippen LogP contribution >= 0.6 is 34.3 Å². The maximum atomic E-state index is 10.9. The highest BCUT2D eigenvalue weighted by atomic mass is 35.5. The highest BCUT2D eigenvalue weighted by Crippen LogP contribution is 2.34. The Morgan fingerprint density at radius 2 is 2.00 bits per heavy atom. The predicted molar refractivity (Wildman–Crippen MR) is 82.8 cm³/mol. The molecule has 0 atom stereocenters. The molecule has 0 amide bonds. The van der Waals surface area contributed by atoms with Crippen LogP contribution in [0.4, 0.5) is 0 Å². The van der Waals surface area contributed by atoms with E-state index in [4.69, 9.17) is 16.7 Å². The molecular weight excluding hydrogens is 314 g/mol. The van der Waals surface area contributed by atoms with E-state index in [0.717, 1.165) is 21.1 Å². The van der Waals surface area contributed by atoms with Crippen molar-refractivity contribution in [3.05, 3.63) is 51.7 Å². The average molecular weight is 322 g/mol. The number of hydrogen-bond acceptors (Lipinski definition) is 4. The number of halogens is 1. The Morgan fingerprint density at radius 3 is 2.70 bits per heavy atom. The SMILES string of the molecule is O=C(O)c1csc(-c2csc(-c3ccccc3Cl)n2)c1. The van der Waals surface area contributed by atoms with Gasteiger partial charge in [-0.3, -0.25) is 0 Å². The molecule has 0 unspecified atom stereocenters. The Hall–Kier alpha value is -1.69. The van der Waals surface area contributed by atoms with Crippen LogP contribution in [0.2, 0.25) is 5.02 Å². The van der Waals surface area contributed by atoms with Crippen LogP contribution in [-0.4, -0.2) is 16.1 Å². The molecule has 2 heterocycles. The van der Waals surface area contributed by atoms with Gasteiger partial charge in [0.15, 0.2) is 0 Å². The van der Waals surface area contributed by atoms with E-state index in [2.05, 4.69) is 4.98 Å². The lowest BCUT2D eigenvalue weighted by atomic mass is 10.2. The summed E-state index contributed by atoms with van der Waals surface area (Å²) in [7, 11) is 0. The minimum absolute atomic E-state index is 0.289. The van der Waals surface area contributed by atoms with E-state index in [1.165, 1.54) is 22.7 Å². The number of nitrogens with zero attached hydrogens (tertiary/aromatic N) is 1. The molecule has 0 aliphatic rings. The molecule has 1 N–H and O–H groups in total. The van der Waals surface area contributed by atoms with E-state index < -0.39 is 5.97 Å². The zero-order chi connectivity index (χ0) is 14.1. The highest BCUT2D eigenvalue weighted by molar-refractivity contribution is 7.15. The van der Waals surface area contributed by atoms with E-state index in [1.54, 1.807) is 11.4 Å². The van der Waals surface area contributed by atoms with Gasteiger partial charge in [-0.1, -0.05) is 29.8 Å². The summed E-state index contributed by atoms with van der Waals surface area (Å²) in [5.74, 6) is -0.922. The predicted octanol–water partition coefficient (Wildman–Crippen LogP) is 4.89. The third-order valence-corrected chi connectivity index (χ3v) is 4.87. The molecule has 3 nitrogen and oxygen atoms in total. The van der Waals surface area contributed by atoms with Crippen molar-refractivity contribution in [2.24, 2.45) is 0 Å². The summed E-state index contributed by atoms with van der Waals surface area (Å²) >= 11 is 9.02. The van der Waals surface area contributed by atoms with Crippen LogP contribution in [-0.2, 0) is 0 Å². The maximum absolute atomic E-state index is 10.9. The summed E-state index contributed by atoms with van der Waals surface area (Å²) < 4.78 is 0. The minimum atomic E-state index is -0.922. The Balaban J connectivity index is 1.98. The van der Waals surface area contributed by atoms with Gasteiger partial charge >= 0.3 is 5.97 Å². The van der Waals surface area contributed by atoms with Crippen molar-refractivity contribution in [3.63, 3.8) is 0 Å². The minimum Gasteiger partial charge on any atom is -0.478 e. The van der Waals surface area contributed by atoms with Crippen LogP contribution in [0.25, 0.3) is 21.1 Å². The van der Waals surface area contributed by atoms with Crippen LogP contribution < -0.4 is 0 Å². The largest absolute Gasteiger partial charge is 0.478 e. The normalized spacial score (nSPS) is 10.7. The summed E-state index contributed by atoms with van der Waals surface area (Å²) in [5.41, 5.74) is 1.96. The van der Waals surface area contributed by atoms with Gasteiger partial charge in [0.25, 0.3) is 0 Å². The number of benzene rings is 1. The number of thiazole rings is 1. The topological polar surface area (TPSA) is 50.2 Å². The van der Waals surface area contributed by atoms with E-state index in [9.17, 15) is 4.79 Å². The molecule has 2 aromatic heterocycles. The second-order valence-corrected chi connectivity index (χ2v) is 6.20. The smallest absolute Gasteiger partial charge is 0.336 e. The lowest BCUT2D eigenvalue weighted by molar-refractivity contribution is 0.0697. The monoisotopic (exact) mass is 321 g/mol. The Kier molecular flexibility index (Phi) is 3.56. The summed E-state index contributed by atoms with van der Waals surface area (Å²) in [4.78, 5) is 16.3. The molecule has 3 rings (SSSR count). The second kappa shape index (κ2) is 5.36. The Labute approximate surface area is 128 Å². The van der Waals surface area contributed by atoms with Crippen LogP contribution in [0.1, 0.15) is 10.4 Å². The van der Waals surface area contributed by atoms with Crippen molar-refractivity contribution in [1.82, 2.24) is 4.98 Å². The number of aromatic nitrogens is 1. The number of hydrogen-bond donors (Lipinski definition) is 1. The average Bonchev–Trinajstić information content (AvgIpc) is 3.08. The van der Waals surface area contributed by atoms with Crippen LogP contribution in [0.3, 0.4) is 0 Å². The fraction of sp³-hybridized carbons (Fsp3) is 0. The molecule has 0 spiro atoms. The van der Waals surface area contributed by atoms with Gasteiger partial charge in [0.05, 0.1) is 21.2 Å². The summed E-state index contributed by atoms with van der Waals surface area (Å²) in [5, 5.41) is 14.0. The number of thiophene rings is 1. The molecule has 0 aliphatic carbocycles. The molecule has 0 radical (unpaired) electrons. The summed E-state index contributed by atoms with van der Waals surface area (Å²) in [6.45, 7) is 0. The van der Waals surface area contributed by atoms with Crippen molar-refractivity contribution in [3.8, 4) is 21.1 Å². The lowest BCUT2D eigenvalue weighted by Crippen LogP contribution is -1.91. The molecule has 0 saturated heterocycles. The quantitative estimate of drug-likeness (QED) is 0.747. The Morgan fingerprint density at radius 1 is 1.20 bits per heavy atom. The van der Waals surface area contributed by atoms with Crippen molar-refractivity contribution < 1.29 is 9.90 Å².